The molecule has 1 saturated heterocycles. The topological polar surface area (TPSA) is 41.5 Å². The molecule has 0 atom stereocenters. The van der Waals surface area contributed by atoms with Crippen molar-refractivity contribution in [2.75, 3.05) is 31.6 Å². The minimum atomic E-state index is 0.829. The molecule has 0 unspecified atom stereocenters. The van der Waals surface area contributed by atoms with E-state index in [2.05, 4.69) is 40.0 Å². The van der Waals surface area contributed by atoms with E-state index in [1.807, 2.05) is 12.1 Å². The fraction of sp³-hybridized carbons (Fsp3) is 0.524. The van der Waals surface area contributed by atoms with Crippen LogP contribution in [0.15, 0.2) is 30.5 Å². The Morgan fingerprint density at radius 3 is 2.62 bits per heavy atom. The van der Waals surface area contributed by atoms with Gasteiger partial charge in [-0.1, -0.05) is 19.1 Å². The molecule has 5 nitrogen and oxygen atoms in total. The summed E-state index contributed by atoms with van der Waals surface area (Å²) in [5.74, 6) is 2.67. The third-order valence-electron chi connectivity index (χ3n) is 5.63. The Balaban J connectivity index is 1.40. The van der Waals surface area contributed by atoms with Crippen molar-refractivity contribution in [1.82, 2.24) is 14.9 Å². The molecule has 0 spiro atoms. The van der Waals surface area contributed by atoms with Crippen LogP contribution in [0.25, 0.3) is 0 Å². The van der Waals surface area contributed by atoms with Crippen molar-refractivity contribution in [2.24, 2.45) is 5.92 Å². The summed E-state index contributed by atoms with van der Waals surface area (Å²) in [4.78, 5) is 14.4. The van der Waals surface area contributed by atoms with Gasteiger partial charge in [0.15, 0.2) is 0 Å². The van der Waals surface area contributed by atoms with Gasteiger partial charge in [-0.2, -0.15) is 0 Å². The van der Waals surface area contributed by atoms with E-state index < -0.39 is 0 Å². The molecule has 2 aliphatic heterocycles. The highest BCUT2D eigenvalue weighted by Crippen LogP contribution is 2.24. The lowest BCUT2D eigenvalue weighted by Crippen LogP contribution is -2.35. The molecule has 0 saturated carbocycles. The van der Waals surface area contributed by atoms with Crippen LogP contribution in [0.5, 0.6) is 5.75 Å². The first kappa shape index (κ1) is 17.3. The van der Waals surface area contributed by atoms with Crippen LogP contribution < -0.4 is 9.64 Å². The number of hydrogen-bond donors (Lipinski definition) is 0. The lowest BCUT2D eigenvalue weighted by atomic mass is 9.99. The second-order valence-corrected chi connectivity index (χ2v) is 7.62. The van der Waals surface area contributed by atoms with E-state index in [0.717, 1.165) is 56.8 Å². The van der Waals surface area contributed by atoms with Crippen LogP contribution in [-0.2, 0) is 19.5 Å². The first-order valence-corrected chi connectivity index (χ1v) is 9.66. The molecule has 2 aromatic rings. The Hall–Kier alpha value is -2.14. The Labute approximate surface area is 156 Å². The number of benzene rings is 1. The molecule has 138 valence electrons. The maximum Gasteiger partial charge on any atom is 0.225 e. The number of ether oxygens (including phenoxy) is 1. The monoisotopic (exact) mass is 352 g/mol. The first-order chi connectivity index (χ1) is 12.7. The highest BCUT2D eigenvalue weighted by atomic mass is 16.5. The highest BCUT2D eigenvalue weighted by molar-refractivity contribution is 5.35. The zero-order valence-corrected chi connectivity index (χ0v) is 15.8. The van der Waals surface area contributed by atoms with Gasteiger partial charge in [-0.3, -0.25) is 4.90 Å². The summed E-state index contributed by atoms with van der Waals surface area (Å²) < 4.78 is 5.24. The maximum atomic E-state index is 5.24. The summed E-state index contributed by atoms with van der Waals surface area (Å²) in [6.45, 7) is 7.44. The van der Waals surface area contributed by atoms with E-state index in [-0.39, 0.29) is 0 Å². The van der Waals surface area contributed by atoms with Crippen molar-refractivity contribution >= 4 is 5.95 Å². The van der Waals surface area contributed by atoms with Gasteiger partial charge in [0.25, 0.3) is 0 Å². The normalized spacial score (nSPS) is 18.6. The average molecular weight is 352 g/mol. The van der Waals surface area contributed by atoms with Crippen molar-refractivity contribution in [3.05, 3.63) is 47.3 Å². The zero-order chi connectivity index (χ0) is 17.9. The van der Waals surface area contributed by atoms with Crippen LogP contribution in [0.1, 0.15) is 36.6 Å². The lowest BCUT2D eigenvalue weighted by molar-refractivity contribution is 0.242. The minimum absolute atomic E-state index is 0.829. The predicted molar refractivity (Wildman–Crippen MR) is 103 cm³/mol. The summed E-state index contributed by atoms with van der Waals surface area (Å²) >= 11 is 0. The fourth-order valence-electron chi connectivity index (χ4n) is 3.85. The summed E-state index contributed by atoms with van der Waals surface area (Å²) in [5.41, 5.74) is 3.83. The standard InChI is InChI=1S/C21H28N4O/c1-16-7-11-25(12-8-16)21-22-13-18-15-24(10-9-20(18)23-21)14-17-3-5-19(26-2)6-4-17/h3-6,13,16H,7-12,14-15H2,1-2H3. The summed E-state index contributed by atoms with van der Waals surface area (Å²) in [7, 11) is 1.70. The van der Waals surface area contributed by atoms with Gasteiger partial charge in [-0.25, -0.2) is 9.97 Å². The summed E-state index contributed by atoms with van der Waals surface area (Å²) in [6.07, 6.45) is 5.55. The smallest absolute Gasteiger partial charge is 0.225 e. The number of nitrogens with zero attached hydrogens (tertiary/aromatic N) is 4. The summed E-state index contributed by atoms with van der Waals surface area (Å²) in [6, 6.07) is 8.35. The first-order valence-electron chi connectivity index (χ1n) is 9.66. The number of rotatable bonds is 4. The van der Waals surface area contributed by atoms with Crippen LogP contribution in [0.4, 0.5) is 5.95 Å². The molecule has 5 heteroatoms. The summed E-state index contributed by atoms with van der Waals surface area (Å²) in [5, 5.41) is 0. The second-order valence-electron chi connectivity index (χ2n) is 7.62. The molecule has 26 heavy (non-hydrogen) atoms. The largest absolute Gasteiger partial charge is 0.497 e. The third-order valence-corrected chi connectivity index (χ3v) is 5.63. The molecule has 3 heterocycles. The van der Waals surface area contributed by atoms with Gasteiger partial charge >= 0.3 is 0 Å². The van der Waals surface area contributed by atoms with Gasteiger partial charge in [0.2, 0.25) is 5.95 Å². The van der Waals surface area contributed by atoms with Crippen LogP contribution in [0.2, 0.25) is 0 Å². The van der Waals surface area contributed by atoms with Crippen molar-refractivity contribution in [1.29, 1.82) is 0 Å². The molecular formula is C21H28N4O. The van der Waals surface area contributed by atoms with Crippen molar-refractivity contribution in [3.8, 4) is 5.75 Å². The van der Waals surface area contributed by atoms with Gasteiger partial charge in [0.05, 0.1) is 12.8 Å². The van der Waals surface area contributed by atoms with Gasteiger partial charge in [0, 0.05) is 50.9 Å². The van der Waals surface area contributed by atoms with Gasteiger partial charge in [0.1, 0.15) is 5.75 Å². The van der Waals surface area contributed by atoms with Crippen molar-refractivity contribution in [3.63, 3.8) is 0 Å². The van der Waals surface area contributed by atoms with E-state index in [0.29, 0.717) is 0 Å². The molecule has 0 N–H and O–H groups in total. The lowest BCUT2D eigenvalue weighted by Gasteiger charge is -2.32. The van der Waals surface area contributed by atoms with E-state index in [9.17, 15) is 0 Å². The Kier molecular flexibility index (Phi) is 5.07. The van der Waals surface area contributed by atoms with Gasteiger partial charge < -0.3 is 9.64 Å². The van der Waals surface area contributed by atoms with E-state index in [1.165, 1.54) is 29.7 Å². The van der Waals surface area contributed by atoms with Crippen LogP contribution in [0.3, 0.4) is 0 Å². The van der Waals surface area contributed by atoms with Gasteiger partial charge in [-0.15, -0.1) is 0 Å². The molecule has 0 bridgehead atoms. The average Bonchev–Trinajstić information content (AvgIpc) is 2.69. The highest BCUT2D eigenvalue weighted by Gasteiger charge is 2.22. The molecular weight excluding hydrogens is 324 g/mol. The Bertz CT molecular complexity index is 738. The predicted octanol–water partition coefficient (Wildman–Crippen LogP) is 3.28. The van der Waals surface area contributed by atoms with Crippen LogP contribution >= 0.6 is 0 Å². The van der Waals surface area contributed by atoms with E-state index in [4.69, 9.17) is 9.72 Å². The molecule has 0 amide bonds. The molecule has 1 aromatic carbocycles. The number of aromatic nitrogens is 2. The third kappa shape index (κ3) is 3.83. The van der Waals surface area contributed by atoms with E-state index >= 15 is 0 Å². The van der Waals surface area contributed by atoms with Crippen LogP contribution in [0, 0.1) is 5.92 Å². The molecule has 0 radical (unpaired) electrons. The number of hydrogen-bond acceptors (Lipinski definition) is 5. The molecule has 4 rings (SSSR count). The van der Waals surface area contributed by atoms with Gasteiger partial charge in [-0.05, 0) is 36.5 Å². The second kappa shape index (κ2) is 7.62. The molecule has 1 aromatic heterocycles. The molecule has 2 aliphatic rings. The maximum absolute atomic E-state index is 5.24. The van der Waals surface area contributed by atoms with Crippen LogP contribution in [-0.4, -0.2) is 41.6 Å². The number of fused-ring (bicyclic) bond motifs is 1. The van der Waals surface area contributed by atoms with Crippen molar-refractivity contribution < 1.29 is 4.74 Å². The molecule has 1 fully saturated rings. The Morgan fingerprint density at radius 2 is 1.88 bits per heavy atom. The SMILES string of the molecule is COc1ccc(CN2CCc3nc(N4CCC(C)CC4)ncc3C2)cc1. The zero-order valence-electron chi connectivity index (χ0n) is 15.8. The molecule has 0 aliphatic carbocycles. The number of methoxy groups -OCH3 is 1. The number of piperidine rings is 1. The number of anilines is 1. The van der Waals surface area contributed by atoms with Crippen molar-refractivity contribution in [2.45, 2.75) is 39.3 Å². The quantitative estimate of drug-likeness (QED) is 0.845. The Morgan fingerprint density at radius 1 is 1.12 bits per heavy atom. The fourth-order valence-corrected chi connectivity index (χ4v) is 3.85. The minimum Gasteiger partial charge on any atom is -0.497 e. The van der Waals surface area contributed by atoms with E-state index in [1.54, 1.807) is 7.11 Å².